The Morgan fingerprint density at radius 1 is 1.40 bits per heavy atom. The van der Waals surface area contributed by atoms with Crippen LogP contribution in [0.3, 0.4) is 0 Å². The van der Waals surface area contributed by atoms with Crippen LogP contribution in [0.25, 0.3) is 0 Å². The van der Waals surface area contributed by atoms with Crippen LogP contribution in [-0.4, -0.2) is 24.1 Å². The summed E-state index contributed by atoms with van der Waals surface area (Å²) in [4.78, 5) is 6.94. The fourth-order valence-electron chi connectivity index (χ4n) is 2.53. The van der Waals surface area contributed by atoms with Crippen LogP contribution in [0.2, 0.25) is 0 Å². The molecule has 20 heavy (non-hydrogen) atoms. The van der Waals surface area contributed by atoms with Gasteiger partial charge < -0.3 is 10.2 Å². The summed E-state index contributed by atoms with van der Waals surface area (Å²) >= 11 is 0. The Labute approximate surface area is 123 Å². The van der Waals surface area contributed by atoms with Gasteiger partial charge in [0.25, 0.3) is 0 Å². The number of hydrogen-bond donors (Lipinski definition) is 1. The van der Waals surface area contributed by atoms with Gasteiger partial charge in [-0.15, -0.1) is 0 Å². The van der Waals surface area contributed by atoms with Gasteiger partial charge in [-0.05, 0) is 43.4 Å². The normalized spacial score (nSPS) is 14.8. The Bertz CT molecular complexity index is 399. The Morgan fingerprint density at radius 2 is 2.20 bits per heavy atom. The summed E-state index contributed by atoms with van der Waals surface area (Å²) in [6.45, 7) is 9.95. The quantitative estimate of drug-likeness (QED) is 0.746. The molecule has 1 aliphatic rings. The highest BCUT2D eigenvalue weighted by atomic mass is 15.2. The molecule has 2 rings (SSSR count). The summed E-state index contributed by atoms with van der Waals surface area (Å²) < 4.78 is 0. The maximum absolute atomic E-state index is 4.36. The van der Waals surface area contributed by atoms with Crippen molar-refractivity contribution in [2.75, 3.05) is 18.0 Å². The fourth-order valence-corrected chi connectivity index (χ4v) is 2.53. The van der Waals surface area contributed by atoms with Crippen LogP contribution in [0.15, 0.2) is 18.5 Å². The van der Waals surface area contributed by atoms with Gasteiger partial charge in [-0.1, -0.05) is 27.2 Å². The molecule has 112 valence electrons. The predicted octanol–water partition coefficient (Wildman–Crippen LogP) is 3.60. The lowest BCUT2D eigenvalue weighted by Gasteiger charge is -2.27. The molecule has 0 amide bonds. The molecule has 1 fully saturated rings. The van der Waals surface area contributed by atoms with E-state index in [4.69, 9.17) is 0 Å². The molecule has 1 aromatic heterocycles. The average Bonchev–Trinajstić information content (AvgIpc) is 3.25. The fraction of sp³-hybridized carbons (Fsp3) is 0.706. The minimum absolute atomic E-state index is 0.694. The van der Waals surface area contributed by atoms with Gasteiger partial charge in [0.05, 0.1) is 11.9 Å². The molecule has 0 bridgehead atoms. The molecule has 0 atom stereocenters. The lowest BCUT2D eigenvalue weighted by Crippen LogP contribution is -2.29. The average molecular weight is 275 g/mol. The summed E-state index contributed by atoms with van der Waals surface area (Å²) in [5.41, 5.74) is 2.74. The smallest absolute Gasteiger partial charge is 0.0600 e. The van der Waals surface area contributed by atoms with E-state index in [9.17, 15) is 0 Å². The van der Waals surface area contributed by atoms with Gasteiger partial charge in [0.15, 0.2) is 0 Å². The van der Waals surface area contributed by atoms with Crippen molar-refractivity contribution in [1.82, 2.24) is 10.3 Å². The van der Waals surface area contributed by atoms with Gasteiger partial charge in [0.2, 0.25) is 0 Å². The third kappa shape index (κ3) is 4.48. The second-order valence-corrected chi connectivity index (χ2v) is 6.31. The van der Waals surface area contributed by atoms with E-state index in [-0.39, 0.29) is 0 Å². The first-order chi connectivity index (χ1) is 9.72. The van der Waals surface area contributed by atoms with Gasteiger partial charge in [0, 0.05) is 25.3 Å². The Kier molecular flexibility index (Phi) is 5.84. The second-order valence-electron chi connectivity index (χ2n) is 6.31. The molecule has 0 radical (unpaired) electrons. The maximum atomic E-state index is 4.36. The molecular formula is C17H29N3. The van der Waals surface area contributed by atoms with Gasteiger partial charge in [-0.2, -0.15) is 0 Å². The number of anilines is 1. The minimum atomic E-state index is 0.694. The molecule has 3 heteroatoms. The SMILES string of the molecule is CCCCN(c1cnccc1CNCC(C)C)C1CC1. The monoisotopic (exact) mass is 275 g/mol. The molecule has 0 saturated heterocycles. The summed E-state index contributed by atoms with van der Waals surface area (Å²) in [5.74, 6) is 0.694. The minimum Gasteiger partial charge on any atom is -0.367 e. The standard InChI is InChI=1S/C17H29N3/c1-4-5-10-20(16-6-7-16)17-13-18-9-8-15(17)12-19-11-14(2)3/h8-9,13-14,16,19H,4-7,10-12H2,1-3H3. The van der Waals surface area contributed by atoms with Crippen LogP contribution in [0.5, 0.6) is 0 Å². The number of nitrogens with zero attached hydrogens (tertiary/aromatic N) is 2. The summed E-state index contributed by atoms with van der Waals surface area (Å²) in [5, 5.41) is 3.56. The predicted molar refractivity (Wildman–Crippen MR) is 86.1 cm³/mol. The molecule has 0 aliphatic heterocycles. The molecule has 3 nitrogen and oxygen atoms in total. The first kappa shape index (κ1) is 15.3. The van der Waals surface area contributed by atoms with Crippen molar-refractivity contribution in [3.8, 4) is 0 Å². The van der Waals surface area contributed by atoms with E-state index in [0.29, 0.717) is 5.92 Å². The summed E-state index contributed by atoms with van der Waals surface area (Å²) in [7, 11) is 0. The molecule has 1 heterocycles. The van der Waals surface area contributed by atoms with Crippen molar-refractivity contribution in [2.24, 2.45) is 5.92 Å². The van der Waals surface area contributed by atoms with E-state index < -0.39 is 0 Å². The number of rotatable bonds is 9. The highest BCUT2D eigenvalue weighted by Crippen LogP contribution is 2.33. The lowest BCUT2D eigenvalue weighted by atomic mass is 10.1. The van der Waals surface area contributed by atoms with E-state index in [2.05, 4.69) is 48.2 Å². The molecule has 0 unspecified atom stereocenters. The van der Waals surface area contributed by atoms with E-state index in [1.54, 1.807) is 0 Å². The largest absolute Gasteiger partial charge is 0.367 e. The summed E-state index contributed by atoms with van der Waals surface area (Å²) in [6.07, 6.45) is 9.19. The Morgan fingerprint density at radius 3 is 2.85 bits per heavy atom. The van der Waals surface area contributed by atoms with Crippen molar-refractivity contribution in [3.05, 3.63) is 24.0 Å². The highest BCUT2D eigenvalue weighted by molar-refractivity contribution is 5.53. The maximum Gasteiger partial charge on any atom is 0.0600 e. The van der Waals surface area contributed by atoms with Crippen molar-refractivity contribution in [2.45, 2.75) is 59.0 Å². The molecule has 0 spiro atoms. The topological polar surface area (TPSA) is 28.2 Å². The molecule has 1 aromatic rings. The zero-order chi connectivity index (χ0) is 14.4. The van der Waals surface area contributed by atoms with Crippen LogP contribution < -0.4 is 10.2 Å². The van der Waals surface area contributed by atoms with Gasteiger partial charge >= 0.3 is 0 Å². The van der Waals surface area contributed by atoms with Crippen LogP contribution in [-0.2, 0) is 6.54 Å². The van der Waals surface area contributed by atoms with Crippen molar-refractivity contribution in [1.29, 1.82) is 0 Å². The number of aromatic nitrogens is 1. The first-order valence-corrected chi connectivity index (χ1v) is 8.12. The van der Waals surface area contributed by atoms with Gasteiger partial charge in [-0.25, -0.2) is 0 Å². The van der Waals surface area contributed by atoms with Crippen LogP contribution >= 0.6 is 0 Å². The van der Waals surface area contributed by atoms with E-state index in [0.717, 1.165) is 19.1 Å². The lowest BCUT2D eigenvalue weighted by molar-refractivity contribution is 0.551. The van der Waals surface area contributed by atoms with Crippen LogP contribution in [0.1, 0.15) is 52.0 Å². The molecule has 1 aliphatic carbocycles. The first-order valence-electron chi connectivity index (χ1n) is 8.12. The highest BCUT2D eigenvalue weighted by Gasteiger charge is 2.29. The summed E-state index contributed by atoms with van der Waals surface area (Å²) in [6, 6.07) is 2.93. The van der Waals surface area contributed by atoms with E-state index in [1.807, 2.05) is 6.20 Å². The van der Waals surface area contributed by atoms with E-state index in [1.165, 1.54) is 43.5 Å². The third-order valence-corrected chi connectivity index (χ3v) is 3.81. The van der Waals surface area contributed by atoms with Crippen molar-refractivity contribution in [3.63, 3.8) is 0 Å². The Hall–Kier alpha value is -1.09. The molecular weight excluding hydrogens is 246 g/mol. The zero-order valence-corrected chi connectivity index (χ0v) is 13.2. The molecule has 1 N–H and O–H groups in total. The van der Waals surface area contributed by atoms with Crippen molar-refractivity contribution >= 4 is 5.69 Å². The second kappa shape index (κ2) is 7.63. The zero-order valence-electron chi connectivity index (χ0n) is 13.2. The van der Waals surface area contributed by atoms with Gasteiger partial charge in [-0.3, -0.25) is 4.98 Å². The number of hydrogen-bond acceptors (Lipinski definition) is 3. The van der Waals surface area contributed by atoms with Crippen molar-refractivity contribution < 1.29 is 0 Å². The number of unbranched alkanes of at least 4 members (excludes halogenated alkanes) is 1. The van der Waals surface area contributed by atoms with Crippen LogP contribution in [0.4, 0.5) is 5.69 Å². The number of nitrogens with one attached hydrogen (secondary N) is 1. The Balaban J connectivity index is 2.04. The molecule has 1 saturated carbocycles. The molecule has 0 aromatic carbocycles. The van der Waals surface area contributed by atoms with Gasteiger partial charge in [0.1, 0.15) is 0 Å². The van der Waals surface area contributed by atoms with Crippen LogP contribution in [0, 0.1) is 5.92 Å². The number of pyridine rings is 1. The third-order valence-electron chi connectivity index (χ3n) is 3.81. The van der Waals surface area contributed by atoms with E-state index >= 15 is 0 Å².